The molecule has 4 aliphatic rings. The summed E-state index contributed by atoms with van der Waals surface area (Å²) in [5.41, 5.74) is 13.5. The molecule has 12 aromatic rings. The zero-order chi connectivity index (χ0) is 86.4. The lowest BCUT2D eigenvalue weighted by atomic mass is 9.98. The quantitative estimate of drug-likeness (QED) is 0.0198. The molecule has 29 nitrogen and oxygen atoms in total. The summed E-state index contributed by atoms with van der Waals surface area (Å²) >= 11 is 0. The van der Waals surface area contributed by atoms with E-state index in [1.165, 1.54) is 45.6 Å². The molecule has 9 atom stereocenters. The van der Waals surface area contributed by atoms with E-state index in [0.717, 1.165) is 158 Å². The first kappa shape index (κ1) is 94.2. The van der Waals surface area contributed by atoms with Crippen molar-refractivity contribution in [3.8, 4) is 67.3 Å². The Morgan fingerprint density at radius 2 is 0.730 bits per heavy atom. The predicted octanol–water partition coefficient (Wildman–Crippen LogP) is 16.4. The van der Waals surface area contributed by atoms with Gasteiger partial charge in [0.25, 0.3) is 0 Å². The summed E-state index contributed by atoms with van der Waals surface area (Å²) in [6.07, 6.45) is 11.4. The molecule has 126 heavy (non-hydrogen) atoms. The second-order valence-electron chi connectivity index (χ2n) is 31.8. The van der Waals surface area contributed by atoms with Crippen LogP contribution in [-0.4, -0.2) is 180 Å². The topological polar surface area (TPSA) is 381 Å². The summed E-state index contributed by atoms with van der Waals surface area (Å²) in [6, 6.07) is 57.0. The number of nitrogens with one attached hydrogen (secondary N) is 9. The Hall–Kier alpha value is -12.5. The minimum Gasteiger partial charge on any atom is -0.479 e. The number of alkyl carbamates (subject to hydrolysis) is 3. The first-order chi connectivity index (χ1) is 59.6. The number of ether oxygens (including phenoxy) is 4. The number of hydrogen-bond acceptors (Lipinski definition) is 18. The molecule has 1 unspecified atom stereocenters. The lowest BCUT2D eigenvalue weighted by molar-refractivity contribution is -0.143. The molecule has 4 fully saturated rings. The van der Waals surface area contributed by atoms with E-state index in [-0.39, 0.29) is 84.9 Å². The van der Waals surface area contributed by atoms with Crippen LogP contribution >= 0.6 is 37.2 Å². The molecular weight excluding hydrogens is 1670 g/mol. The van der Waals surface area contributed by atoms with E-state index in [4.69, 9.17) is 29.3 Å². The lowest BCUT2D eigenvalue weighted by Gasteiger charge is -2.30. The fourth-order valence-electron chi connectivity index (χ4n) is 16.5. The molecule has 6 amide bonds. The number of H-pyrrole nitrogens is 4. The number of aliphatic hydroxyl groups excluding tert-OH is 1. The van der Waals surface area contributed by atoms with E-state index in [2.05, 4.69) is 183 Å². The van der Waals surface area contributed by atoms with Crippen molar-refractivity contribution in [1.82, 2.24) is 81.2 Å². The van der Waals surface area contributed by atoms with Gasteiger partial charge in [-0.3, -0.25) is 19.7 Å². The van der Waals surface area contributed by atoms with Crippen LogP contribution in [0.2, 0.25) is 0 Å². The highest BCUT2D eigenvalue weighted by molar-refractivity contribution is 5.93. The van der Waals surface area contributed by atoms with Crippen molar-refractivity contribution >= 4 is 101 Å². The van der Waals surface area contributed by atoms with Crippen LogP contribution in [0, 0.1) is 11.8 Å². The van der Waals surface area contributed by atoms with Gasteiger partial charge in [-0.05, 0) is 160 Å². The zero-order valence-electron chi connectivity index (χ0n) is 71.2. The Morgan fingerprint density at radius 1 is 0.397 bits per heavy atom. The summed E-state index contributed by atoms with van der Waals surface area (Å²) in [5.74, 6) is 1.50. The molecular formula is C94H107Cl3N16O13. The number of carboxylic acids is 1. The maximum Gasteiger partial charge on any atom is 0.407 e. The van der Waals surface area contributed by atoms with E-state index < -0.39 is 54.8 Å². The normalized spacial score (nSPS) is 17.1. The summed E-state index contributed by atoms with van der Waals surface area (Å²) in [6.45, 7) is 10.5. The maximum absolute atomic E-state index is 14.0. The Balaban J connectivity index is 0.000000210. The van der Waals surface area contributed by atoms with E-state index in [9.17, 15) is 38.7 Å². The number of rotatable bonds is 24. The molecule has 662 valence electrons. The smallest absolute Gasteiger partial charge is 0.407 e. The Labute approximate surface area is 749 Å². The molecule has 4 aromatic heterocycles. The van der Waals surface area contributed by atoms with Crippen LogP contribution in [0.1, 0.15) is 150 Å². The maximum atomic E-state index is 14.0. The van der Waals surface area contributed by atoms with Crippen molar-refractivity contribution in [2.24, 2.45) is 11.8 Å². The van der Waals surface area contributed by atoms with E-state index >= 15 is 0 Å². The summed E-state index contributed by atoms with van der Waals surface area (Å²) in [5, 5.41) is 37.7. The van der Waals surface area contributed by atoms with Crippen LogP contribution in [-0.2, 0) is 38.1 Å². The van der Waals surface area contributed by atoms with Crippen molar-refractivity contribution in [3.05, 3.63) is 241 Å². The number of carbonyl (C=O) groups is 7. The third kappa shape index (κ3) is 22.1. The predicted molar refractivity (Wildman–Crippen MR) is 488 cm³/mol. The van der Waals surface area contributed by atoms with Gasteiger partial charge < -0.3 is 85.1 Å². The van der Waals surface area contributed by atoms with Crippen LogP contribution in [0.25, 0.3) is 88.8 Å². The van der Waals surface area contributed by atoms with Gasteiger partial charge in [0, 0.05) is 37.9 Å². The number of benzene rings is 8. The van der Waals surface area contributed by atoms with E-state index in [1.807, 2.05) is 97.5 Å². The van der Waals surface area contributed by atoms with Gasteiger partial charge in [-0.15, -0.1) is 37.2 Å². The molecule has 4 saturated heterocycles. The monoisotopic (exact) mass is 1770 g/mol. The highest BCUT2D eigenvalue weighted by Gasteiger charge is 2.41. The van der Waals surface area contributed by atoms with E-state index in [0.29, 0.717) is 31.2 Å². The SMILES string of the molecule is COC(=O)N[C@@H](C(=O)O)c1ccccc1.COC(=O)N[C@H](C(=O)N1CCC[C@H]1c1ncc(-c2ccc(-c3ccc4cc(-c5cnc([C@@H]6CCCN6)[nH]5)ccc4c3)cc2)[nH]1)C(C)C.COC(=O)N[C@H](C(=O)N1CCC[C@H]1c1ncc(-c2ccc(-c3ccc4cc(-c5cnc([C@@H]6CCCN6C(=O)[C@H](NC(O)OC)c6ccccc6)[nH]5)ccc4c3)cc2)[nH]1)C(C)C.Cl.Cl.Cl. The van der Waals surface area contributed by atoms with Gasteiger partial charge in [0.15, 0.2) is 6.04 Å². The molecule has 11 N–H and O–H groups in total. The Bertz CT molecular complexity index is 5690. The number of carboxylic acid groups (broad SMARTS) is 1. The molecule has 0 spiro atoms. The number of carbonyl (C=O) groups excluding carboxylic acids is 6. The Kier molecular flexibility index (Phi) is 32.5. The number of halogens is 3. The molecule has 16 rings (SSSR count). The zero-order valence-corrected chi connectivity index (χ0v) is 73.7. The minimum atomic E-state index is -1.29. The number of aromatic nitrogens is 8. The van der Waals surface area contributed by atoms with Crippen LogP contribution in [0.3, 0.4) is 0 Å². The number of fused-ring (bicyclic) bond motifs is 2. The number of likely N-dealkylation sites (tertiary alicyclic amines) is 3. The Morgan fingerprint density at radius 3 is 1.10 bits per heavy atom. The largest absolute Gasteiger partial charge is 0.479 e. The van der Waals surface area contributed by atoms with Crippen molar-refractivity contribution in [2.75, 3.05) is 54.6 Å². The van der Waals surface area contributed by atoms with Crippen LogP contribution in [0.5, 0.6) is 0 Å². The van der Waals surface area contributed by atoms with Crippen LogP contribution in [0.4, 0.5) is 14.4 Å². The fraction of sp³-hybridized carbons (Fsp3) is 0.330. The van der Waals surface area contributed by atoms with Crippen LogP contribution < -0.4 is 26.6 Å². The molecule has 0 aliphatic carbocycles. The van der Waals surface area contributed by atoms with Gasteiger partial charge >= 0.3 is 24.2 Å². The molecule has 4 aliphatic heterocycles. The number of hydrogen-bond donors (Lipinski definition) is 11. The minimum absolute atomic E-state index is 0. The van der Waals surface area contributed by atoms with Gasteiger partial charge in [-0.25, -0.2) is 39.1 Å². The molecule has 8 aromatic carbocycles. The number of aromatic amines is 4. The number of aliphatic carboxylic acids is 1. The first-order valence-electron chi connectivity index (χ1n) is 41.6. The lowest BCUT2D eigenvalue weighted by Crippen LogP contribution is -2.51. The fourth-order valence-corrected chi connectivity index (χ4v) is 16.5. The van der Waals surface area contributed by atoms with Gasteiger partial charge in [-0.1, -0.05) is 185 Å². The van der Waals surface area contributed by atoms with Crippen molar-refractivity contribution in [1.29, 1.82) is 0 Å². The summed E-state index contributed by atoms with van der Waals surface area (Å²) < 4.78 is 18.9. The summed E-state index contributed by atoms with van der Waals surface area (Å²) in [4.78, 5) is 125. The molecule has 8 heterocycles. The average molecular weight is 1780 g/mol. The van der Waals surface area contributed by atoms with Crippen molar-refractivity contribution in [3.63, 3.8) is 0 Å². The van der Waals surface area contributed by atoms with Gasteiger partial charge in [0.1, 0.15) is 41.4 Å². The number of aliphatic hydroxyl groups is 1. The average Bonchev–Trinajstić information content (AvgIpc) is 1.58. The third-order valence-corrected chi connectivity index (χ3v) is 23.2. The van der Waals surface area contributed by atoms with E-state index in [1.54, 1.807) is 30.3 Å². The molecule has 0 saturated carbocycles. The number of imidazole rings is 4. The first-order valence-corrected chi connectivity index (χ1v) is 41.6. The number of amides is 6. The highest BCUT2D eigenvalue weighted by atomic mass is 35.5. The standard InChI is InChI=1S/C47H52N8O6.C37H41N7O3.C10H11NO4.3ClH/c1-28(2)40(52-46(58)60-3)44(56)54-22-8-12-38(54)42-48-26-36(50-42)30-16-14-29(15-17-30)32-18-19-34-25-35(21-20-33(34)24-32)37-27-49-43(51-37)39-13-9-23-55(39)45(57)41(53-47(59)61-4)31-10-6-5-7-11-31;1-22(2)33(43-37(46)47-3)36(45)44-17-5-7-32(44)35-40-20-30(42-35)24-10-8-23(9-11-24)25-12-13-27-19-28(15-14-26(27)18-25)31-21-39-34(41-31)29-6-4-16-38-29;1-15-10(14)11-8(9(12)13)7-5-3-2-4-6-7;;;/h5-7,10-11,14-21,24-28,38-41,47,53,59H,8-9,12-13,22-23H2,1-4H3,(H,48,50)(H,49,51)(H,52,58);8-15,18-22,29,32-33,38H,4-7,16-17H2,1-3H3,(H,39,41)(H,40,42)(H,43,46);2-6,8H,1H3,(H,11,14)(H,12,13);3*1H/t38-,39-,40-,41+,47?;29-,32-,33-;8-;;;/m001.../s1. The highest BCUT2D eigenvalue weighted by Crippen LogP contribution is 2.40. The van der Waals surface area contributed by atoms with Crippen LogP contribution in [0.15, 0.2) is 207 Å². The van der Waals surface area contributed by atoms with Crippen molar-refractivity contribution in [2.45, 2.75) is 134 Å². The van der Waals surface area contributed by atoms with Gasteiger partial charge in [-0.2, -0.15) is 0 Å². The third-order valence-electron chi connectivity index (χ3n) is 23.2. The molecule has 0 radical (unpaired) electrons. The number of nitrogens with zero attached hydrogens (tertiary/aromatic N) is 7. The van der Waals surface area contributed by atoms with Gasteiger partial charge in [0.05, 0.1) is 93.1 Å². The molecule has 0 bridgehead atoms. The second kappa shape index (κ2) is 43.4. The van der Waals surface area contributed by atoms with Gasteiger partial charge in [0.2, 0.25) is 24.1 Å². The second-order valence-corrected chi connectivity index (χ2v) is 31.8. The molecule has 32 heteroatoms. The number of methoxy groups -OCH3 is 4. The van der Waals surface area contributed by atoms with Crippen molar-refractivity contribution < 1.29 is 62.7 Å². The summed E-state index contributed by atoms with van der Waals surface area (Å²) in [7, 11) is 5.16.